The van der Waals surface area contributed by atoms with E-state index in [9.17, 15) is 24.0 Å². The lowest BCUT2D eigenvalue weighted by atomic mass is 10.0. The smallest absolute Gasteiger partial charge is 0.326 e. The van der Waals surface area contributed by atoms with E-state index in [2.05, 4.69) is 10.6 Å². The first kappa shape index (κ1) is 24.3. The second kappa shape index (κ2) is 11.3. The number of carbonyl (C=O) groups is 5. The molecule has 0 radical (unpaired) electrons. The third-order valence-corrected chi connectivity index (χ3v) is 4.62. The minimum atomic E-state index is -1.14. The van der Waals surface area contributed by atoms with E-state index >= 15 is 0 Å². The first-order chi connectivity index (χ1) is 13.5. The summed E-state index contributed by atoms with van der Waals surface area (Å²) in [6, 6.07) is -2.74. The highest BCUT2D eigenvalue weighted by atomic mass is 16.4. The molecule has 11 nitrogen and oxygen atoms in total. The summed E-state index contributed by atoms with van der Waals surface area (Å²) in [7, 11) is 0. The number of nitrogens with zero attached hydrogens (tertiary/aromatic N) is 1. The van der Waals surface area contributed by atoms with E-state index in [1.54, 1.807) is 0 Å². The van der Waals surface area contributed by atoms with E-state index in [1.807, 2.05) is 13.8 Å². The molecule has 1 fully saturated rings. The van der Waals surface area contributed by atoms with E-state index in [0.29, 0.717) is 19.4 Å². The van der Waals surface area contributed by atoms with Crippen molar-refractivity contribution in [2.75, 3.05) is 13.1 Å². The molecular formula is C18H31N5O6. The van der Waals surface area contributed by atoms with E-state index in [4.69, 9.17) is 16.6 Å². The van der Waals surface area contributed by atoms with Crippen LogP contribution in [0.4, 0.5) is 0 Å². The van der Waals surface area contributed by atoms with Crippen LogP contribution in [0.3, 0.4) is 0 Å². The fourth-order valence-corrected chi connectivity index (χ4v) is 3.16. The Labute approximate surface area is 169 Å². The van der Waals surface area contributed by atoms with E-state index < -0.39 is 54.3 Å². The van der Waals surface area contributed by atoms with E-state index in [1.165, 1.54) is 4.90 Å². The lowest BCUT2D eigenvalue weighted by molar-refractivity contribution is -0.142. The Bertz CT molecular complexity index is 638. The Hall–Kier alpha value is -2.69. The molecule has 29 heavy (non-hydrogen) atoms. The highest BCUT2D eigenvalue weighted by Gasteiger charge is 2.36. The van der Waals surface area contributed by atoms with Crippen LogP contribution in [0.1, 0.15) is 46.0 Å². The van der Waals surface area contributed by atoms with Gasteiger partial charge in [0.05, 0.1) is 12.6 Å². The van der Waals surface area contributed by atoms with Crippen LogP contribution in [0.15, 0.2) is 0 Å². The van der Waals surface area contributed by atoms with Crippen molar-refractivity contribution in [3.8, 4) is 0 Å². The van der Waals surface area contributed by atoms with Crippen molar-refractivity contribution in [2.45, 2.75) is 64.1 Å². The number of primary amides is 1. The number of amides is 4. The van der Waals surface area contributed by atoms with Crippen LogP contribution in [-0.4, -0.2) is 70.8 Å². The van der Waals surface area contributed by atoms with Crippen LogP contribution in [0.25, 0.3) is 0 Å². The minimum absolute atomic E-state index is 0.0289. The molecule has 0 spiro atoms. The summed E-state index contributed by atoms with van der Waals surface area (Å²) in [5, 5.41) is 14.0. The van der Waals surface area contributed by atoms with Crippen molar-refractivity contribution >= 4 is 29.6 Å². The van der Waals surface area contributed by atoms with E-state index in [0.717, 1.165) is 0 Å². The van der Waals surface area contributed by atoms with Gasteiger partial charge in [0.15, 0.2) is 0 Å². The fourth-order valence-electron chi connectivity index (χ4n) is 3.16. The summed E-state index contributed by atoms with van der Waals surface area (Å²) in [6.07, 6.45) is 1.36. The zero-order valence-corrected chi connectivity index (χ0v) is 16.8. The lowest BCUT2D eigenvalue weighted by Crippen LogP contribution is -2.53. The number of nitrogens with two attached hydrogens (primary N) is 2. The highest BCUT2D eigenvalue weighted by molar-refractivity contribution is 5.93. The summed E-state index contributed by atoms with van der Waals surface area (Å²) < 4.78 is 0. The summed E-state index contributed by atoms with van der Waals surface area (Å²) in [5.41, 5.74) is 10.9. The lowest BCUT2D eigenvalue weighted by Gasteiger charge is -2.26. The summed E-state index contributed by atoms with van der Waals surface area (Å²) >= 11 is 0. The SMILES string of the molecule is CC(C)CC(NC(=O)CNC(=O)C1CCCN1C(=O)C(N)CCC(N)=O)C(=O)O. The van der Waals surface area contributed by atoms with Gasteiger partial charge in [-0.05, 0) is 31.6 Å². The summed E-state index contributed by atoms with van der Waals surface area (Å²) in [4.78, 5) is 60.3. The van der Waals surface area contributed by atoms with Crippen molar-refractivity contribution in [3.05, 3.63) is 0 Å². The van der Waals surface area contributed by atoms with Gasteiger partial charge in [0.25, 0.3) is 0 Å². The van der Waals surface area contributed by atoms with Crippen molar-refractivity contribution in [1.29, 1.82) is 0 Å². The standard InChI is InChI=1S/C18H31N5O6/c1-10(2)8-12(18(28)29)22-15(25)9-21-16(26)13-4-3-7-23(13)17(27)11(19)5-6-14(20)24/h10-13H,3-9,19H2,1-2H3,(H2,20,24)(H,21,26)(H,22,25)(H,28,29). The molecule has 1 saturated heterocycles. The van der Waals surface area contributed by atoms with Gasteiger partial charge in [-0.25, -0.2) is 4.79 Å². The van der Waals surface area contributed by atoms with Crippen LogP contribution in [0.5, 0.6) is 0 Å². The Morgan fingerprint density at radius 1 is 1.21 bits per heavy atom. The summed E-state index contributed by atoms with van der Waals surface area (Å²) in [5.74, 6) is -3.22. The average Bonchev–Trinajstić information content (AvgIpc) is 3.12. The van der Waals surface area contributed by atoms with Crippen molar-refractivity contribution in [3.63, 3.8) is 0 Å². The third-order valence-electron chi connectivity index (χ3n) is 4.62. The number of aliphatic carboxylic acids is 1. The van der Waals surface area contributed by atoms with Gasteiger partial charge in [0.1, 0.15) is 12.1 Å². The van der Waals surface area contributed by atoms with Gasteiger partial charge in [-0.2, -0.15) is 0 Å². The Morgan fingerprint density at radius 3 is 2.41 bits per heavy atom. The molecule has 3 atom stereocenters. The van der Waals surface area contributed by atoms with Crippen molar-refractivity contribution in [2.24, 2.45) is 17.4 Å². The van der Waals surface area contributed by atoms with Crippen molar-refractivity contribution in [1.82, 2.24) is 15.5 Å². The fraction of sp³-hybridized carbons (Fsp3) is 0.722. The van der Waals surface area contributed by atoms with Gasteiger partial charge in [-0.1, -0.05) is 13.8 Å². The number of carboxylic acids is 1. The molecule has 1 heterocycles. The molecule has 164 valence electrons. The molecule has 1 aliphatic heterocycles. The molecule has 0 saturated carbocycles. The Morgan fingerprint density at radius 2 is 1.86 bits per heavy atom. The molecule has 0 bridgehead atoms. The van der Waals surface area contributed by atoms with Crippen LogP contribution in [0.2, 0.25) is 0 Å². The quantitative estimate of drug-likeness (QED) is 0.267. The third kappa shape index (κ3) is 8.06. The first-order valence-electron chi connectivity index (χ1n) is 9.67. The number of nitrogens with one attached hydrogen (secondary N) is 2. The topological polar surface area (TPSA) is 185 Å². The largest absolute Gasteiger partial charge is 0.480 e. The molecule has 0 aromatic rings. The van der Waals surface area contributed by atoms with Gasteiger partial charge in [-0.3, -0.25) is 19.2 Å². The number of carbonyl (C=O) groups excluding carboxylic acids is 4. The summed E-state index contributed by atoms with van der Waals surface area (Å²) in [6.45, 7) is 3.63. The predicted octanol–water partition coefficient (Wildman–Crippen LogP) is -1.70. The van der Waals surface area contributed by atoms with Crippen LogP contribution >= 0.6 is 0 Å². The van der Waals surface area contributed by atoms with E-state index in [-0.39, 0.29) is 25.2 Å². The maximum absolute atomic E-state index is 12.5. The number of carboxylic acid groups (broad SMARTS) is 1. The van der Waals surface area contributed by atoms with Crippen LogP contribution in [-0.2, 0) is 24.0 Å². The molecule has 1 aliphatic rings. The van der Waals surface area contributed by atoms with Crippen LogP contribution in [0, 0.1) is 5.92 Å². The minimum Gasteiger partial charge on any atom is -0.480 e. The molecular weight excluding hydrogens is 382 g/mol. The van der Waals surface area contributed by atoms with Gasteiger partial charge >= 0.3 is 5.97 Å². The molecule has 4 amide bonds. The monoisotopic (exact) mass is 413 g/mol. The maximum atomic E-state index is 12.5. The molecule has 7 N–H and O–H groups in total. The highest BCUT2D eigenvalue weighted by Crippen LogP contribution is 2.19. The number of rotatable bonds is 11. The van der Waals surface area contributed by atoms with Gasteiger partial charge in [0, 0.05) is 13.0 Å². The molecule has 3 unspecified atom stereocenters. The second-order valence-corrected chi connectivity index (χ2v) is 7.61. The molecule has 0 aliphatic carbocycles. The van der Waals surface area contributed by atoms with Gasteiger partial charge in [-0.15, -0.1) is 0 Å². The first-order valence-corrected chi connectivity index (χ1v) is 9.67. The zero-order valence-electron chi connectivity index (χ0n) is 16.8. The van der Waals surface area contributed by atoms with Crippen molar-refractivity contribution < 1.29 is 29.1 Å². The molecule has 0 aromatic carbocycles. The normalized spacial score (nSPS) is 18.2. The second-order valence-electron chi connectivity index (χ2n) is 7.61. The molecule has 11 heteroatoms. The van der Waals surface area contributed by atoms with Gasteiger partial charge in [0.2, 0.25) is 23.6 Å². The number of hydrogen-bond acceptors (Lipinski definition) is 6. The number of hydrogen-bond donors (Lipinski definition) is 5. The maximum Gasteiger partial charge on any atom is 0.326 e. The van der Waals surface area contributed by atoms with Crippen LogP contribution < -0.4 is 22.1 Å². The van der Waals surface area contributed by atoms with Gasteiger partial charge < -0.3 is 32.1 Å². The zero-order chi connectivity index (χ0) is 22.1. The predicted molar refractivity (Wildman–Crippen MR) is 103 cm³/mol. The Balaban J connectivity index is 2.57. The average molecular weight is 413 g/mol. The molecule has 1 rings (SSSR count). The number of likely N-dealkylation sites (tertiary alicyclic amines) is 1. The Kier molecular flexibility index (Phi) is 9.53. The molecule has 0 aromatic heterocycles.